The molecule has 2 aromatic carbocycles. The van der Waals surface area contributed by atoms with Crippen LogP contribution in [0.2, 0.25) is 10.0 Å². The maximum Gasteiger partial charge on any atom is 0.138 e. The molecule has 20 heavy (non-hydrogen) atoms. The van der Waals surface area contributed by atoms with Crippen molar-refractivity contribution < 1.29 is 9.47 Å². The van der Waals surface area contributed by atoms with Gasteiger partial charge in [0.15, 0.2) is 0 Å². The minimum absolute atomic E-state index is 0.532. The predicted molar refractivity (Wildman–Crippen MR) is 90.4 cm³/mol. The van der Waals surface area contributed by atoms with Gasteiger partial charge in [-0.25, -0.2) is 0 Å². The van der Waals surface area contributed by atoms with Crippen LogP contribution in [0.4, 0.5) is 0 Å². The highest BCUT2D eigenvalue weighted by atomic mass is 79.9. The highest BCUT2D eigenvalue weighted by molar-refractivity contribution is 9.11. The number of hydrogen-bond acceptors (Lipinski definition) is 2. The van der Waals surface area contributed by atoms with Gasteiger partial charge in [-0.05, 0) is 35.4 Å². The summed E-state index contributed by atoms with van der Waals surface area (Å²) in [6, 6.07) is 7.30. The topological polar surface area (TPSA) is 18.5 Å². The van der Waals surface area contributed by atoms with Gasteiger partial charge < -0.3 is 9.47 Å². The molecule has 106 valence electrons. The Morgan fingerprint density at radius 1 is 0.750 bits per heavy atom. The maximum absolute atomic E-state index is 6.18. The van der Waals surface area contributed by atoms with Gasteiger partial charge in [-0.3, -0.25) is 0 Å². The van der Waals surface area contributed by atoms with Crippen molar-refractivity contribution >= 4 is 55.1 Å². The average molecular weight is 441 g/mol. The summed E-state index contributed by atoms with van der Waals surface area (Å²) in [7, 11) is 3.15. The van der Waals surface area contributed by atoms with E-state index in [1.165, 1.54) is 0 Å². The maximum atomic E-state index is 6.18. The van der Waals surface area contributed by atoms with Crippen LogP contribution in [0.3, 0.4) is 0 Å². The largest absolute Gasteiger partial charge is 0.495 e. The van der Waals surface area contributed by atoms with Crippen LogP contribution < -0.4 is 9.47 Å². The number of benzene rings is 2. The molecule has 0 fully saturated rings. The van der Waals surface area contributed by atoms with Crippen molar-refractivity contribution in [2.24, 2.45) is 0 Å². The molecule has 0 saturated heterocycles. The van der Waals surface area contributed by atoms with E-state index in [9.17, 15) is 0 Å². The molecule has 0 heterocycles. The van der Waals surface area contributed by atoms with E-state index in [2.05, 4.69) is 31.9 Å². The van der Waals surface area contributed by atoms with Crippen molar-refractivity contribution in [3.05, 3.63) is 43.3 Å². The van der Waals surface area contributed by atoms with E-state index >= 15 is 0 Å². The summed E-state index contributed by atoms with van der Waals surface area (Å²) in [4.78, 5) is 0. The lowest BCUT2D eigenvalue weighted by Gasteiger charge is -2.13. The van der Waals surface area contributed by atoms with Gasteiger partial charge in [-0.2, -0.15) is 0 Å². The number of rotatable bonds is 3. The zero-order valence-electron chi connectivity index (χ0n) is 10.6. The third-order valence-corrected chi connectivity index (χ3v) is 4.68. The molecule has 2 rings (SSSR count). The summed E-state index contributed by atoms with van der Waals surface area (Å²) in [5.41, 5.74) is 1.82. The molecule has 2 aromatic rings. The van der Waals surface area contributed by atoms with Gasteiger partial charge in [0, 0.05) is 8.95 Å². The Morgan fingerprint density at radius 2 is 1.10 bits per heavy atom. The fraction of sp³-hybridized carbons (Fsp3) is 0.143. The second-order valence-corrected chi connectivity index (χ2v) is 6.46. The van der Waals surface area contributed by atoms with E-state index in [1.807, 2.05) is 24.3 Å². The number of hydrogen-bond donors (Lipinski definition) is 0. The van der Waals surface area contributed by atoms with E-state index in [0.29, 0.717) is 21.5 Å². The van der Waals surface area contributed by atoms with E-state index in [1.54, 1.807) is 14.2 Å². The van der Waals surface area contributed by atoms with Crippen LogP contribution >= 0.6 is 55.1 Å². The normalized spacial score (nSPS) is 10.5. The minimum Gasteiger partial charge on any atom is -0.495 e. The highest BCUT2D eigenvalue weighted by Gasteiger charge is 2.14. The van der Waals surface area contributed by atoms with Gasteiger partial charge in [0.05, 0.1) is 24.3 Å². The molecule has 0 aliphatic heterocycles. The molecule has 0 saturated carbocycles. The molecule has 0 radical (unpaired) electrons. The van der Waals surface area contributed by atoms with Crippen molar-refractivity contribution in [3.63, 3.8) is 0 Å². The third kappa shape index (κ3) is 3.08. The second-order valence-electron chi connectivity index (χ2n) is 3.93. The summed E-state index contributed by atoms with van der Waals surface area (Å²) < 4.78 is 12.1. The standard InChI is InChI=1S/C14H10Br2Cl2O2/c1-19-13-5-9(15)7(3-11(13)17)8-4-12(18)14(20-2)6-10(8)16/h3-6H,1-2H3. The lowest BCUT2D eigenvalue weighted by atomic mass is 10.1. The Kier molecular flexibility index (Phi) is 5.24. The Balaban J connectivity index is 2.63. The van der Waals surface area contributed by atoms with E-state index < -0.39 is 0 Å². The Bertz CT molecular complexity index is 603. The molecule has 0 bridgehead atoms. The molecule has 0 aromatic heterocycles. The molecule has 0 aliphatic carbocycles. The lowest BCUT2D eigenvalue weighted by Crippen LogP contribution is -1.90. The van der Waals surface area contributed by atoms with Crippen LogP contribution in [0.5, 0.6) is 11.5 Å². The monoisotopic (exact) mass is 438 g/mol. The Morgan fingerprint density at radius 3 is 1.40 bits per heavy atom. The number of methoxy groups -OCH3 is 2. The molecule has 0 spiro atoms. The van der Waals surface area contributed by atoms with Gasteiger partial charge in [-0.15, -0.1) is 0 Å². The van der Waals surface area contributed by atoms with Crippen LogP contribution in [0.1, 0.15) is 0 Å². The fourth-order valence-corrected chi connectivity index (χ4v) is 3.34. The predicted octanol–water partition coefficient (Wildman–Crippen LogP) is 6.20. The van der Waals surface area contributed by atoms with E-state index in [-0.39, 0.29) is 0 Å². The zero-order chi connectivity index (χ0) is 14.9. The van der Waals surface area contributed by atoms with Crippen LogP contribution in [-0.4, -0.2) is 14.2 Å². The quantitative estimate of drug-likeness (QED) is 0.565. The molecule has 0 aliphatic rings. The van der Waals surface area contributed by atoms with Crippen molar-refractivity contribution in [2.45, 2.75) is 0 Å². The Hall–Kier alpha value is -0.420. The summed E-state index contributed by atoms with van der Waals surface area (Å²) in [6.07, 6.45) is 0. The van der Waals surface area contributed by atoms with Crippen molar-refractivity contribution in [3.8, 4) is 22.6 Å². The summed E-state index contributed by atoms with van der Waals surface area (Å²) in [6.45, 7) is 0. The molecular formula is C14H10Br2Cl2O2. The SMILES string of the molecule is COc1cc(Br)c(-c2cc(Cl)c(OC)cc2Br)cc1Cl. The molecule has 2 nitrogen and oxygen atoms in total. The smallest absolute Gasteiger partial charge is 0.138 e. The second kappa shape index (κ2) is 6.56. The van der Waals surface area contributed by atoms with E-state index in [0.717, 1.165) is 20.1 Å². The van der Waals surface area contributed by atoms with Crippen LogP contribution in [-0.2, 0) is 0 Å². The molecule has 6 heteroatoms. The van der Waals surface area contributed by atoms with Gasteiger partial charge in [0.25, 0.3) is 0 Å². The van der Waals surface area contributed by atoms with E-state index in [4.69, 9.17) is 32.7 Å². The number of ether oxygens (including phenoxy) is 2. The fourth-order valence-electron chi connectivity index (χ4n) is 1.78. The molecule has 0 N–H and O–H groups in total. The summed E-state index contributed by atoms with van der Waals surface area (Å²) >= 11 is 19.4. The first-order chi connectivity index (χ1) is 9.47. The van der Waals surface area contributed by atoms with Crippen molar-refractivity contribution in [2.75, 3.05) is 14.2 Å². The molecule has 0 unspecified atom stereocenters. The summed E-state index contributed by atoms with van der Waals surface area (Å²) in [5, 5.41) is 1.06. The molecule has 0 atom stereocenters. The van der Waals surface area contributed by atoms with Crippen molar-refractivity contribution in [1.29, 1.82) is 0 Å². The Labute approximate surface area is 144 Å². The molecule has 0 amide bonds. The number of halogens is 4. The first-order valence-corrected chi connectivity index (χ1v) is 7.88. The van der Waals surface area contributed by atoms with Crippen molar-refractivity contribution in [1.82, 2.24) is 0 Å². The van der Waals surface area contributed by atoms with Crippen LogP contribution in [0, 0.1) is 0 Å². The third-order valence-electron chi connectivity index (χ3n) is 2.77. The van der Waals surface area contributed by atoms with Crippen LogP contribution in [0.25, 0.3) is 11.1 Å². The van der Waals surface area contributed by atoms with Crippen LogP contribution in [0.15, 0.2) is 33.2 Å². The van der Waals surface area contributed by atoms with Gasteiger partial charge >= 0.3 is 0 Å². The summed E-state index contributed by atoms with van der Waals surface area (Å²) in [5.74, 6) is 1.22. The first-order valence-electron chi connectivity index (χ1n) is 5.54. The van der Waals surface area contributed by atoms with Gasteiger partial charge in [-0.1, -0.05) is 55.1 Å². The zero-order valence-corrected chi connectivity index (χ0v) is 15.3. The highest BCUT2D eigenvalue weighted by Crippen LogP contribution is 2.42. The van der Waals surface area contributed by atoms with Gasteiger partial charge in [0.1, 0.15) is 11.5 Å². The first kappa shape index (κ1) is 16.0. The lowest BCUT2D eigenvalue weighted by molar-refractivity contribution is 0.414. The molecular weight excluding hydrogens is 431 g/mol. The minimum atomic E-state index is 0.532. The average Bonchev–Trinajstić information content (AvgIpc) is 2.43. The van der Waals surface area contributed by atoms with Gasteiger partial charge in [0.2, 0.25) is 0 Å².